The Bertz CT molecular complexity index is 363. The number of nitrogens with two attached hydrogens (primary N) is 1. The van der Waals surface area contributed by atoms with Crippen LogP contribution in [-0.2, 0) is 4.79 Å². The SMILES string of the molecule is N[C@@H](C(=O)NC1CCSCC1)c1ccccc1. The number of hydrogen-bond donors (Lipinski definition) is 2. The summed E-state index contributed by atoms with van der Waals surface area (Å²) in [5, 5.41) is 3.04. The molecule has 3 nitrogen and oxygen atoms in total. The maximum absolute atomic E-state index is 12.0. The summed E-state index contributed by atoms with van der Waals surface area (Å²) >= 11 is 1.95. The highest BCUT2D eigenvalue weighted by Gasteiger charge is 2.20. The predicted octanol–water partition coefficient (Wildman–Crippen LogP) is 1.70. The van der Waals surface area contributed by atoms with Crippen LogP contribution in [0.1, 0.15) is 24.4 Å². The summed E-state index contributed by atoms with van der Waals surface area (Å²) in [6.45, 7) is 0. The van der Waals surface area contributed by atoms with Gasteiger partial charge in [0.1, 0.15) is 6.04 Å². The topological polar surface area (TPSA) is 55.1 Å². The molecule has 1 atom stereocenters. The van der Waals surface area contributed by atoms with Gasteiger partial charge in [-0.1, -0.05) is 30.3 Å². The van der Waals surface area contributed by atoms with Crippen LogP contribution in [-0.4, -0.2) is 23.5 Å². The van der Waals surface area contributed by atoms with Crippen molar-refractivity contribution in [2.45, 2.75) is 24.9 Å². The van der Waals surface area contributed by atoms with E-state index in [-0.39, 0.29) is 5.91 Å². The standard InChI is InChI=1S/C13H18N2OS/c14-12(10-4-2-1-3-5-10)13(16)15-11-6-8-17-9-7-11/h1-5,11-12H,6-9,14H2,(H,15,16)/t12-/m1/s1. The monoisotopic (exact) mass is 250 g/mol. The fraction of sp³-hybridized carbons (Fsp3) is 0.462. The third kappa shape index (κ3) is 3.48. The molecule has 0 bridgehead atoms. The van der Waals surface area contributed by atoms with Gasteiger partial charge in [0.2, 0.25) is 5.91 Å². The lowest BCUT2D eigenvalue weighted by Crippen LogP contribution is -2.42. The Morgan fingerprint density at radius 2 is 1.94 bits per heavy atom. The van der Waals surface area contributed by atoms with Gasteiger partial charge < -0.3 is 11.1 Å². The van der Waals surface area contributed by atoms with Gasteiger partial charge in [0.15, 0.2) is 0 Å². The highest BCUT2D eigenvalue weighted by molar-refractivity contribution is 7.99. The maximum Gasteiger partial charge on any atom is 0.241 e. The second-order valence-corrected chi connectivity index (χ2v) is 5.51. The van der Waals surface area contributed by atoms with Gasteiger partial charge in [0.05, 0.1) is 0 Å². The van der Waals surface area contributed by atoms with Crippen molar-refractivity contribution in [3.05, 3.63) is 35.9 Å². The van der Waals surface area contributed by atoms with Crippen LogP contribution in [0.3, 0.4) is 0 Å². The van der Waals surface area contributed by atoms with Crippen LogP contribution in [0.4, 0.5) is 0 Å². The van der Waals surface area contributed by atoms with Crippen molar-refractivity contribution < 1.29 is 4.79 Å². The Hall–Kier alpha value is -1.00. The van der Waals surface area contributed by atoms with Crippen molar-refractivity contribution in [1.82, 2.24) is 5.32 Å². The average molecular weight is 250 g/mol. The van der Waals surface area contributed by atoms with Crippen LogP contribution >= 0.6 is 11.8 Å². The minimum Gasteiger partial charge on any atom is -0.352 e. The quantitative estimate of drug-likeness (QED) is 0.858. The highest BCUT2D eigenvalue weighted by Crippen LogP contribution is 2.18. The molecule has 0 aliphatic carbocycles. The molecule has 92 valence electrons. The number of benzene rings is 1. The summed E-state index contributed by atoms with van der Waals surface area (Å²) in [6, 6.07) is 9.26. The molecular formula is C13H18N2OS. The third-order valence-electron chi connectivity index (χ3n) is 3.01. The molecule has 0 saturated carbocycles. The molecule has 0 aromatic heterocycles. The van der Waals surface area contributed by atoms with Crippen LogP contribution < -0.4 is 11.1 Å². The van der Waals surface area contributed by atoms with Crippen molar-refractivity contribution in [3.8, 4) is 0 Å². The number of nitrogens with one attached hydrogen (secondary N) is 1. The zero-order chi connectivity index (χ0) is 12.1. The molecule has 0 spiro atoms. The van der Waals surface area contributed by atoms with E-state index in [4.69, 9.17) is 5.73 Å². The normalized spacial score (nSPS) is 18.6. The van der Waals surface area contributed by atoms with E-state index in [1.54, 1.807) is 0 Å². The minimum absolute atomic E-state index is 0.0619. The first-order valence-corrected chi connectivity index (χ1v) is 7.11. The molecule has 3 N–H and O–H groups in total. The summed E-state index contributed by atoms with van der Waals surface area (Å²) in [7, 11) is 0. The number of amides is 1. The van der Waals surface area contributed by atoms with Crippen molar-refractivity contribution in [2.24, 2.45) is 5.73 Å². The molecule has 1 aliphatic heterocycles. The van der Waals surface area contributed by atoms with E-state index in [1.807, 2.05) is 42.1 Å². The molecule has 1 amide bonds. The first kappa shape index (κ1) is 12.5. The Morgan fingerprint density at radius 1 is 1.29 bits per heavy atom. The molecule has 17 heavy (non-hydrogen) atoms. The summed E-state index contributed by atoms with van der Waals surface area (Å²) in [5.41, 5.74) is 6.81. The maximum atomic E-state index is 12.0. The summed E-state index contributed by atoms with van der Waals surface area (Å²) in [6.07, 6.45) is 2.11. The van der Waals surface area contributed by atoms with Crippen LogP contribution in [0.2, 0.25) is 0 Å². The first-order valence-electron chi connectivity index (χ1n) is 5.96. The average Bonchev–Trinajstić information content (AvgIpc) is 2.40. The van der Waals surface area contributed by atoms with Gasteiger partial charge in [0.25, 0.3) is 0 Å². The molecule has 1 aromatic rings. The van der Waals surface area contributed by atoms with E-state index in [2.05, 4.69) is 5.32 Å². The molecule has 1 saturated heterocycles. The molecule has 1 aliphatic rings. The Balaban J connectivity index is 1.91. The van der Waals surface area contributed by atoms with Crippen molar-refractivity contribution in [2.75, 3.05) is 11.5 Å². The number of rotatable bonds is 3. The molecule has 1 aromatic carbocycles. The lowest BCUT2D eigenvalue weighted by atomic mass is 10.1. The number of carbonyl (C=O) groups is 1. The zero-order valence-electron chi connectivity index (χ0n) is 9.76. The number of hydrogen-bond acceptors (Lipinski definition) is 3. The van der Waals surface area contributed by atoms with Gasteiger partial charge in [-0.05, 0) is 29.9 Å². The molecule has 1 heterocycles. The molecule has 0 radical (unpaired) electrons. The van der Waals surface area contributed by atoms with Gasteiger partial charge in [-0.25, -0.2) is 0 Å². The van der Waals surface area contributed by atoms with Crippen molar-refractivity contribution >= 4 is 17.7 Å². The first-order chi connectivity index (χ1) is 8.27. The van der Waals surface area contributed by atoms with Crippen molar-refractivity contribution in [1.29, 1.82) is 0 Å². The Morgan fingerprint density at radius 3 is 2.59 bits per heavy atom. The smallest absolute Gasteiger partial charge is 0.241 e. The predicted molar refractivity (Wildman–Crippen MR) is 71.9 cm³/mol. The summed E-state index contributed by atoms with van der Waals surface area (Å²) < 4.78 is 0. The second kappa shape index (κ2) is 6.07. The minimum atomic E-state index is -0.550. The summed E-state index contributed by atoms with van der Waals surface area (Å²) in [4.78, 5) is 12.0. The van der Waals surface area contributed by atoms with Crippen LogP contribution in [0.15, 0.2) is 30.3 Å². The summed E-state index contributed by atoms with van der Waals surface area (Å²) in [5.74, 6) is 2.20. The fourth-order valence-electron chi connectivity index (χ4n) is 1.94. The Kier molecular flexibility index (Phi) is 4.45. The van der Waals surface area contributed by atoms with Gasteiger partial charge in [-0.2, -0.15) is 11.8 Å². The largest absolute Gasteiger partial charge is 0.352 e. The molecule has 4 heteroatoms. The van der Waals surface area contributed by atoms with Gasteiger partial charge in [-0.3, -0.25) is 4.79 Å². The third-order valence-corrected chi connectivity index (χ3v) is 4.06. The van der Waals surface area contributed by atoms with Crippen LogP contribution in [0.25, 0.3) is 0 Å². The zero-order valence-corrected chi connectivity index (χ0v) is 10.6. The van der Waals surface area contributed by atoms with Crippen molar-refractivity contribution in [3.63, 3.8) is 0 Å². The van der Waals surface area contributed by atoms with E-state index in [0.717, 1.165) is 29.9 Å². The molecule has 1 fully saturated rings. The van der Waals surface area contributed by atoms with E-state index in [0.29, 0.717) is 6.04 Å². The molecule has 0 unspecified atom stereocenters. The van der Waals surface area contributed by atoms with Gasteiger partial charge >= 0.3 is 0 Å². The van der Waals surface area contributed by atoms with Gasteiger partial charge in [0, 0.05) is 6.04 Å². The van der Waals surface area contributed by atoms with E-state index < -0.39 is 6.04 Å². The number of thioether (sulfide) groups is 1. The molecular weight excluding hydrogens is 232 g/mol. The van der Waals surface area contributed by atoms with Crippen LogP contribution in [0, 0.1) is 0 Å². The molecule has 2 rings (SSSR count). The lowest BCUT2D eigenvalue weighted by molar-refractivity contribution is -0.123. The lowest BCUT2D eigenvalue weighted by Gasteiger charge is -2.24. The fourth-order valence-corrected chi connectivity index (χ4v) is 3.05. The number of carbonyl (C=O) groups excluding carboxylic acids is 1. The van der Waals surface area contributed by atoms with Crippen LogP contribution in [0.5, 0.6) is 0 Å². The Labute approximate surface area is 106 Å². The van der Waals surface area contributed by atoms with E-state index in [9.17, 15) is 4.79 Å². The second-order valence-electron chi connectivity index (χ2n) is 4.28. The highest BCUT2D eigenvalue weighted by atomic mass is 32.2. The van der Waals surface area contributed by atoms with Gasteiger partial charge in [-0.15, -0.1) is 0 Å². The van der Waals surface area contributed by atoms with E-state index >= 15 is 0 Å². The van der Waals surface area contributed by atoms with E-state index in [1.165, 1.54) is 0 Å².